The Morgan fingerprint density at radius 2 is 1.73 bits per heavy atom. The van der Waals surface area contributed by atoms with E-state index in [0.29, 0.717) is 30.6 Å². The van der Waals surface area contributed by atoms with E-state index in [1.165, 1.54) is 6.42 Å². The van der Waals surface area contributed by atoms with Crippen molar-refractivity contribution in [2.75, 3.05) is 26.7 Å². The molecule has 1 unspecified atom stereocenters. The fraction of sp³-hybridized carbons (Fsp3) is 0.619. The van der Waals surface area contributed by atoms with Crippen LogP contribution in [0.1, 0.15) is 55.8 Å². The van der Waals surface area contributed by atoms with Crippen molar-refractivity contribution in [2.24, 2.45) is 5.92 Å². The Balaban J connectivity index is 1.56. The Morgan fingerprint density at radius 1 is 1.04 bits per heavy atom. The fourth-order valence-corrected chi connectivity index (χ4v) is 4.20. The number of nitrogens with zero attached hydrogens (tertiary/aromatic N) is 2. The summed E-state index contributed by atoms with van der Waals surface area (Å²) < 4.78 is 5.14. The van der Waals surface area contributed by atoms with Crippen molar-refractivity contribution in [3.05, 3.63) is 29.8 Å². The summed E-state index contributed by atoms with van der Waals surface area (Å²) in [5, 5.41) is 0. The number of benzene rings is 1. The van der Waals surface area contributed by atoms with Crippen LogP contribution in [0.3, 0.4) is 0 Å². The zero-order chi connectivity index (χ0) is 18.5. The Morgan fingerprint density at radius 3 is 2.35 bits per heavy atom. The summed E-state index contributed by atoms with van der Waals surface area (Å²) in [6.45, 7) is 4.40. The number of carbonyl (C=O) groups excluding carboxylic acids is 2. The number of likely N-dealkylation sites (tertiary alicyclic amines) is 2. The zero-order valence-electron chi connectivity index (χ0n) is 15.9. The average Bonchev–Trinajstić information content (AvgIpc) is 2.73. The van der Waals surface area contributed by atoms with Crippen LogP contribution >= 0.6 is 0 Å². The van der Waals surface area contributed by atoms with Crippen LogP contribution in [0.25, 0.3) is 0 Å². The van der Waals surface area contributed by atoms with Gasteiger partial charge < -0.3 is 14.5 Å². The van der Waals surface area contributed by atoms with Gasteiger partial charge in [-0.15, -0.1) is 0 Å². The van der Waals surface area contributed by atoms with Crippen LogP contribution in [0.2, 0.25) is 0 Å². The minimum atomic E-state index is 0.0444. The molecule has 2 fully saturated rings. The van der Waals surface area contributed by atoms with Gasteiger partial charge in [0.1, 0.15) is 5.75 Å². The van der Waals surface area contributed by atoms with Gasteiger partial charge >= 0.3 is 0 Å². The fourth-order valence-electron chi connectivity index (χ4n) is 4.20. The molecule has 0 aliphatic carbocycles. The van der Waals surface area contributed by atoms with Gasteiger partial charge in [0, 0.05) is 37.2 Å². The Kier molecular flexibility index (Phi) is 6.17. The number of piperidine rings is 2. The van der Waals surface area contributed by atoms with E-state index in [2.05, 4.69) is 11.8 Å². The summed E-state index contributed by atoms with van der Waals surface area (Å²) in [4.78, 5) is 29.6. The van der Waals surface area contributed by atoms with Crippen molar-refractivity contribution < 1.29 is 14.3 Å². The van der Waals surface area contributed by atoms with E-state index in [1.54, 1.807) is 19.2 Å². The molecule has 2 aliphatic rings. The Bertz CT molecular complexity index is 621. The first-order valence-electron chi connectivity index (χ1n) is 9.87. The van der Waals surface area contributed by atoms with Gasteiger partial charge in [-0.1, -0.05) is 6.92 Å². The molecule has 0 N–H and O–H groups in total. The van der Waals surface area contributed by atoms with Crippen LogP contribution in [0, 0.1) is 5.92 Å². The number of carbonyl (C=O) groups is 2. The van der Waals surface area contributed by atoms with Crippen molar-refractivity contribution in [1.29, 1.82) is 0 Å². The molecule has 0 radical (unpaired) electrons. The molecule has 2 amide bonds. The van der Waals surface area contributed by atoms with E-state index in [4.69, 9.17) is 4.74 Å². The van der Waals surface area contributed by atoms with Gasteiger partial charge in [0.25, 0.3) is 5.91 Å². The number of amides is 2. The Hall–Kier alpha value is -2.04. The van der Waals surface area contributed by atoms with Crippen molar-refractivity contribution in [3.63, 3.8) is 0 Å². The minimum Gasteiger partial charge on any atom is -0.497 e. The number of methoxy groups -OCH3 is 1. The molecule has 1 aromatic rings. The van der Waals surface area contributed by atoms with E-state index < -0.39 is 0 Å². The van der Waals surface area contributed by atoms with Crippen LogP contribution in [0.15, 0.2) is 24.3 Å². The predicted molar refractivity (Wildman–Crippen MR) is 101 cm³/mol. The second kappa shape index (κ2) is 8.56. The van der Waals surface area contributed by atoms with Gasteiger partial charge in [-0.2, -0.15) is 0 Å². The predicted octanol–water partition coefficient (Wildman–Crippen LogP) is 3.34. The van der Waals surface area contributed by atoms with Crippen molar-refractivity contribution in [1.82, 2.24) is 9.80 Å². The van der Waals surface area contributed by atoms with Gasteiger partial charge in [-0.25, -0.2) is 0 Å². The largest absolute Gasteiger partial charge is 0.497 e. The van der Waals surface area contributed by atoms with Crippen LogP contribution in [-0.4, -0.2) is 54.4 Å². The maximum atomic E-state index is 12.9. The van der Waals surface area contributed by atoms with Crippen molar-refractivity contribution in [3.8, 4) is 5.75 Å². The van der Waals surface area contributed by atoms with Crippen LogP contribution in [0.4, 0.5) is 0 Å². The smallest absolute Gasteiger partial charge is 0.253 e. The highest BCUT2D eigenvalue weighted by molar-refractivity contribution is 5.94. The lowest BCUT2D eigenvalue weighted by Crippen LogP contribution is -2.49. The molecule has 2 aliphatic heterocycles. The Labute approximate surface area is 156 Å². The van der Waals surface area contributed by atoms with Crippen LogP contribution in [-0.2, 0) is 4.79 Å². The lowest BCUT2D eigenvalue weighted by molar-refractivity contribution is -0.140. The zero-order valence-corrected chi connectivity index (χ0v) is 15.9. The molecule has 2 saturated heterocycles. The molecule has 5 nitrogen and oxygen atoms in total. The summed E-state index contributed by atoms with van der Waals surface area (Å²) in [6, 6.07) is 7.64. The van der Waals surface area contributed by atoms with Crippen molar-refractivity contribution >= 4 is 11.8 Å². The van der Waals surface area contributed by atoms with E-state index >= 15 is 0 Å². The minimum absolute atomic E-state index is 0.0444. The number of hydrogen-bond acceptors (Lipinski definition) is 3. The first-order valence-corrected chi connectivity index (χ1v) is 9.87. The first-order chi connectivity index (χ1) is 12.6. The van der Waals surface area contributed by atoms with E-state index in [-0.39, 0.29) is 11.8 Å². The monoisotopic (exact) mass is 358 g/mol. The highest BCUT2D eigenvalue weighted by Gasteiger charge is 2.33. The van der Waals surface area contributed by atoms with Gasteiger partial charge in [0.05, 0.1) is 7.11 Å². The van der Waals surface area contributed by atoms with Gasteiger partial charge in [-0.05, 0) is 62.8 Å². The quantitative estimate of drug-likeness (QED) is 0.829. The lowest BCUT2D eigenvalue weighted by atomic mass is 9.91. The molecule has 0 spiro atoms. The molecular weight excluding hydrogens is 328 g/mol. The molecule has 2 heterocycles. The second-order valence-corrected chi connectivity index (χ2v) is 7.38. The third kappa shape index (κ3) is 4.02. The summed E-state index contributed by atoms with van der Waals surface area (Å²) >= 11 is 0. The van der Waals surface area contributed by atoms with E-state index in [1.807, 2.05) is 17.0 Å². The molecule has 5 heteroatoms. The van der Waals surface area contributed by atoms with Crippen molar-refractivity contribution in [2.45, 2.75) is 51.5 Å². The molecule has 1 atom stereocenters. The summed E-state index contributed by atoms with van der Waals surface area (Å²) in [6.07, 6.45) is 6.08. The lowest BCUT2D eigenvalue weighted by Gasteiger charge is -2.39. The molecule has 0 bridgehead atoms. The average molecular weight is 358 g/mol. The first kappa shape index (κ1) is 18.7. The number of hydrogen-bond donors (Lipinski definition) is 0. The van der Waals surface area contributed by atoms with Crippen LogP contribution in [0.5, 0.6) is 5.75 Å². The molecule has 26 heavy (non-hydrogen) atoms. The maximum absolute atomic E-state index is 12.9. The normalized spacial score (nSPS) is 21.5. The third-order valence-electron chi connectivity index (χ3n) is 5.85. The topological polar surface area (TPSA) is 49.9 Å². The summed E-state index contributed by atoms with van der Waals surface area (Å²) in [5.41, 5.74) is 0.678. The van der Waals surface area contributed by atoms with Gasteiger partial charge in [0.15, 0.2) is 0 Å². The highest BCUT2D eigenvalue weighted by Crippen LogP contribution is 2.26. The number of rotatable bonds is 4. The molecular formula is C21H30N2O3. The summed E-state index contributed by atoms with van der Waals surface area (Å²) in [7, 11) is 1.62. The highest BCUT2D eigenvalue weighted by atomic mass is 16.5. The molecule has 3 rings (SSSR count). The summed E-state index contributed by atoms with van der Waals surface area (Å²) in [5.74, 6) is 1.18. The van der Waals surface area contributed by atoms with Crippen LogP contribution < -0.4 is 4.74 Å². The second-order valence-electron chi connectivity index (χ2n) is 7.38. The third-order valence-corrected chi connectivity index (χ3v) is 5.85. The molecule has 0 aromatic heterocycles. The van der Waals surface area contributed by atoms with E-state index in [9.17, 15) is 9.59 Å². The van der Waals surface area contributed by atoms with Gasteiger partial charge in [-0.3, -0.25) is 9.59 Å². The SMILES string of the molecule is CCC1CCCCN1C(=O)C1CCN(C(=O)c2ccc(OC)cc2)CC1. The van der Waals surface area contributed by atoms with E-state index in [0.717, 1.165) is 44.4 Å². The number of ether oxygens (including phenoxy) is 1. The molecule has 1 aromatic carbocycles. The maximum Gasteiger partial charge on any atom is 0.253 e. The van der Waals surface area contributed by atoms with Gasteiger partial charge in [0.2, 0.25) is 5.91 Å². The molecule has 0 saturated carbocycles. The standard InChI is InChI=1S/C21H30N2O3/c1-3-18-6-4-5-13-23(18)21(25)17-11-14-22(15-12-17)20(24)16-7-9-19(26-2)10-8-16/h7-10,17-18H,3-6,11-15H2,1-2H3. The molecule has 142 valence electrons.